The summed E-state index contributed by atoms with van der Waals surface area (Å²) < 4.78 is 12.8. The second-order valence-electron chi connectivity index (χ2n) is 10.9. The monoisotopic (exact) mass is 522 g/mol. The summed E-state index contributed by atoms with van der Waals surface area (Å²) in [6.07, 6.45) is 9.49. The number of hydrogen-bond acceptors (Lipinski definition) is 5. The second-order valence-corrected chi connectivity index (χ2v) is 11.3. The molecule has 1 N–H and O–H groups in total. The molecule has 1 saturated heterocycles. The van der Waals surface area contributed by atoms with Gasteiger partial charge in [-0.25, -0.2) is 4.98 Å². The van der Waals surface area contributed by atoms with E-state index in [9.17, 15) is 5.11 Å². The summed E-state index contributed by atoms with van der Waals surface area (Å²) in [5.41, 5.74) is 0.714. The maximum Gasteiger partial charge on any atom is 0.231 e. The van der Waals surface area contributed by atoms with Gasteiger partial charge in [0.1, 0.15) is 17.6 Å². The first-order valence-electron chi connectivity index (χ1n) is 13.9. The molecule has 1 aromatic heterocycles. The van der Waals surface area contributed by atoms with Gasteiger partial charge in [0.2, 0.25) is 5.89 Å². The molecule has 6 heteroatoms. The number of likely N-dealkylation sites (tertiary alicyclic amines) is 1. The molecule has 0 amide bonds. The molecule has 2 aromatic carbocycles. The number of hydrogen-bond donors (Lipinski definition) is 1. The number of piperidine rings is 1. The number of nitrogens with zero attached hydrogens (tertiary/aromatic N) is 2. The topological polar surface area (TPSA) is 58.7 Å². The quantitative estimate of drug-likeness (QED) is 0.341. The smallest absolute Gasteiger partial charge is 0.231 e. The highest BCUT2D eigenvalue weighted by Gasteiger charge is 2.44. The third-order valence-electron chi connectivity index (χ3n) is 8.40. The minimum absolute atomic E-state index is 0.0865. The van der Waals surface area contributed by atoms with Gasteiger partial charge >= 0.3 is 0 Å². The predicted molar refractivity (Wildman–Crippen MR) is 147 cm³/mol. The number of rotatable bonds is 8. The Hall–Kier alpha value is -2.34. The lowest BCUT2D eigenvalue weighted by molar-refractivity contribution is -0.0250. The Morgan fingerprint density at radius 2 is 1.89 bits per heavy atom. The van der Waals surface area contributed by atoms with Crippen molar-refractivity contribution >= 4 is 11.6 Å². The van der Waals surface area contributed by atoms with Crippen LogP contribution in [-0.4, -0.2) is 34.2 Å². The van der Waals surface area contributed by atoms with Crippen LogP contribution >= 0.6 is 11.6 Å². The molecule has 198 valence electrons. The van der Waals surface area contributed by atoms with Crippen LogP contribution in [0.2, 0.25) is 5.02 Å². The number of aromatic nitrogens is 1. The number of aliphatic hydroxyl groups is 1. The molecule has 37 heavy (non-hydrogen) atoms. The fourth-order valence-electron chi connectivity index (χ4n) is 6.12. The molecule has 2 heterocycles. The van der Waals surface area contributed by atoms with Gasteiger partial charge in [0.15, 0.2) is 5.60 Å². The number of ether oxygens (including phenoxy) is 1. The Bertz CT molecular complexity index is 1160. The van der Waals surface area contributed by atoms with Crippen molar-refractivity contribution in [1.29, 1.82) is 0 Å². The highest BCUT2D eigenvalue weighted by atomic mass is 35.5. The molecule has 3 atom stereocenters. The van der Waals surface area contributed by atoms with E-state index in [1.54, 1.807) is 6.20 Å². The molecule has 1 saturated carbocycles. The summed E-state index contributed by atoms with van der Waals surface area (Å²) >= 11 is 6.35. The average molecular weight is 523 g/mol. The van der Waals surface area contributed by atoms with E-state index in [1.165, 1.54) is 6.42 Å². The van der Waals surface area contributed by atoms with E-state index in [-0.39, 0.29) is 12.0 Å². The van der Waals surface area contributed by atoms with E-state index >= 15 is 0 Å². The van der Waals surface area contributed by atoms with E-state index in [2.05, 4.69) is 16.8 Å². The Kier molecular flexibility index (Phi) is 8.23. The Labute approximate surface area is 225 Å². The molecule has 1 aliphatic carbocycles. The van der Waals surface area contributed by atoms with Crippen LogP contribution in [0.1, 0.15) is 74.6 Å². The highest BCUT2D eigenvalue weighted by molar-refractivity contribution is 6.31. The number of aryl methyl sites for hydroxylation is 1. The zero-order valence-electron chi connectivity index (χ0n) is 22.0. The lowest BCUT2D eigenvalue weighted by Gasteiger charge is -2.38. The van der Waals surface area contributed by atoms with Gasteiger partial charge < -0.3 is 14.3 Å². The molecular weight excluding hydrogens is 484 g/mol. The van der Waals surface area contributed by atoms with Crippen molar-refractivity contribution in [1.82, 2.24) is 9.88 Å². The summed E-state index contributed by atoms with van der Waals surface area (Å²) in [7, 11) is 0. The van der Waals surface area contributed by atoms with Gasteiger partial charge in [0, 0.05) is 17.5 Å². The van der Waals surface area contributed by atoms with E-state index in [4.69, 9.17) is 20.8 Å². The van der Waals surface area contributed by atoms with E-state index < -0.39 is 5.60 Å². The van der Waals surface area contributed by atoms with E-state index in [0.717, 1.165) is 79.3 Å². The SMILES string of the molecule is CCC1CCN(Cc2cnc([C@](O)(c3ccccc3)C3CCCCC3)o2)CC1Oc1ccc(C)c(Cl)c1. The molecular formula is C31H39ClN2O3. The van der Waals surface area contributed by atoms with Crippen LogP contribution in [0.3, 0.4) is 0 Å². The van der Waals surface area contributed by atoms with Crippen molar-refractivity contribution in [3.8, 4) is 5.75 Å². The molecule has 3 aromatic rings. The fourth-order valence-corrected chi connectivity index (χ4v) is 6.29. The van der Waals surface area contributed by atoms with Crippen LogP contribution in [-0.2, 0) is 12.1 Å². The first-order chi connectivity index (χ1) is 18.0. The lowest BCUT2D eigenvalue weighted by atomic mass is 9.73. The molecule has 2 unspecified atom stereocenters. The maximum absolute atomic E-state index is 12.1. The van der Waals surface area contributed by atoms with Gasteiger partial charge in [0.05, 0.1) is 12.7 Å². The van der Waals surface area contributed by atoms with Gasteiger partial charge in [-0.3, -0.25) is 4.90 Å². The van der Waals surface area contributed by atoms with E-state index in [1.807, 2.05) is 55.5 Å². The summed E-state index contributed by atoms with van der Waals surface area (Å²) in [5, 5.41) is 12.8. The molecule has 0 spiro atoms. The Balaban J connectivity index is 1.32. The zero-order valence-corrected chi connectivity index (χ0v) is 22.8. The van der Waals surface area contributed by atoms with Crippen molar-refractivity contribution in [2.24, 2.45) is 11.8 Å². The molecule has 2 aliphatic rings. The molecule has 5 nitrogen and oxygen atoms in total. The summed E-state index contributed by atoms with van der Waals surface area (Å²) in [4.78, 5) is 7.03. The predicted octanol–water partition coefficient (Wildman–Crippen LogP) is 7.13. The first-order valence-corrected chi connectivity index (χ1v) is 14.2. The molecule has 1 aliphatic heterocycles. The summed E-state index contributed by atoms with van der Waals surface area (Å²) in [5.74, 6) is 2.63. The first kappa shape index (κ1) is 26.3. The van der Waals surface area contributed by atoms with Crippen LogP contribution in [0.25, 0.3) is 0 Å². The van der Waals surface area contributed by atoms with E-state index in [0.29, 0.717) is 18.4 Å². The van der Waals surface area contributed by atoms with Crippen LogP contribution in [0.4, 0.5) is 0 Å². The maximum atomic E-state index is 12.1. The Morgan fingerprint density at radius 3 is 2.62 bits per heavy atom. The largest absolute Gasteiger partial charge is 0.489 e. The zero-order chi connectivity index (χ0) is 25.8. The van der Waals surface area contributed by atoms with Gasteiger partial charge in [-0.1, -0.05) is 74.2 Å². The van der Waals surface area contributed by atoms with Crippen LogP contribution < -0.4 is 4.74 Å². The minimum Gasteiger partial charge on any atom is -0.489 e. The highest BCUT2D eigenvalue weighted by Crippen LogP contribution is 2.43. The van der Waals surface area contributed by atoms with Crippen molar-refractivity contribution in [3.05, 3.63) is 82.5 Å². The summed E-state index contributed by atoms with van der Waals surface area (Å²) in [6, 6.07) is 15.9. The molecule has 0 radical (unpaired) electrons. The second kappa shape index (κ2) is 11.6. The van der Waals surface area contributed by atoms with Gasteiger partial charge in [0.25, 0.3) is 0 Å². The third kappa shape index (κ3) is 5.74. The molecule has 5 rings (SSSR count). The van der Waals surface area contributed by atoms with Gasteiger partial charge in [-0.05, 0) is 68.3 Å². The molecule has 0 bridgehead atoms. The van der Waals surface area contributed by atoms with Crippen molar-refractivity contribution < 1.29 is 14.3 Å². The minimum atomic E-state index is -1.20. The standard InChI is InChI=1S/C31H39ClN2O3/c1-3-23-16-17-34(21-29(23)36-26-15-14-22(2)28(32)18-26)20-27-19-33-30(37-27)31(35,24-10-6-4-7-11-24)25-12-8-5-9-13-25/h4,6-7,10-11,14-15,18-19,23,25,29,35H,3,5,8-9,12-13,16-17,20-21H2,1-2H3/t23?,29?,31-/m0/s1. The van der Waals surface area contributed by atoms with Gasteiger partial charge in [-0.15, -0.1) is 0 Å². The van der Waals surface area contributed by atoms with Gasteiger partial charge in [-0.2, -0.15) is 0 Å². The fraction of sp³-hybridized carbons (Fsp3) is 0.516. The third-order valence-corrected chi connectivity index (χ3v) is 8.81. The summed E-state index contributed by atoms with van der Waals surface area (Å²) in [6.45, 7) is 6.67. The number of benzene rings is 2. The van der Waals surface area contributed by atoms with Crippen LogP contribution in [0, 0.1) is 18.8 Å². The lowest BCUT2D eigenvalue weighted by Crippen LogP contribution is -2.46. The normalized spacial score (nSPS) is 23.0. The van der Waals surface area contributed by atoms with Crippen molar-refractivity contribution in [3.63, 3.8) is 0 Å². The average Bonchev–Trinajstić information content (AvgIpc) is 3.40. The van der Waals surface area contributed by atoms with Crippen LogP contribution in [0.15, 0.2) is 59.1 Å². The van der Waals surface area contributed by atoms with Crippen LogP contribution in [0.5, 0.6) is 5.75 Å². The molecule has 2 fully saturated rings. The Morgan fingerprint density at radius 1 is 1.11 bits per heavy atom. The van der Waals surface area contributed by atoms with Crippen molar-refractivity contribution in [2.45, 2.75) is 77.0 Å². The number of halogens is 1. The number of oxazole rings is 1. The van der Waals surface area contributed by atoms with Crippen molar-refractivity contribution in [2.75, 3.05) is 13.1 Å².